The summed E-state index contributed by atoms with van der Waals surface area (Å²) in [6.45, 7) is 8.13. The van der Waals surface area contributed by atoms with E-state index in [4.69, 9.17) is 16.3 Å². The Kier molecular flexibility index (Phi) is 7.95. The summed E-state index contributed by atoms with van der Waals surface area (Å²) in [7, 11) is 0. The number of nitro benzene ring substituents is 1. The molecule has 0 aromatic heterocycles. The van der Waals surface area contributed by atoms with Crippen molar-refractivity contribution in [1.82, 2.24) is 4.90 Å². The zero-order valence-electron chi connectivity index (χ0n) is 20.4. The molecule has 1 N–H and O–H groups in total. The lowest BCUT2D eigenvalue weighted by atomic mass is 10.1. The van der Waals surface area contributed by atoms with Gasteiger partial charge in [0.1, 0.15) is 5.69 Å². The van der Waals surface area contributed by atoms with Crippen LogP contribution in [0.1, 0.15) is 24.2 Å². The van der Waals surface area contributed by atoms with Crippen LogP contribution in [-0.4, -0.2) is 74.1 Å². The Morgan fingerprint density at radius 1 is 1.03 bits per heavy atom. The molecule has 2 aromatic carbocycles. The molecule has 192 valence electrons. The van der Waals surface area contributed by atoms with Gasteiger partial charge in [0.15, 0.2) is 0 Å². The van der Waals surface area contributed by atoms with Crippen molar-refractivity contribution in [2.45, 2.75) is 13.8 Å². The van der Waals surface area contributed by atoms with Crippen LogP contribution in [0.15, 0.2) is 36.4 Å². The lowest BCUT2D eigenvalue weighted by Gasteiger charge is -2.38. The number of morpholine rings is 1. The Labute approximate surface area is 214 Å². The zero-order valence-corrected chi connectivity index (χ0v) is 21.2. The molecule has 0 spiro atoms. The summed E-state index contributed by atoms with van der Waals surface area (Å²) < 4.78 is 5.34. The first-order chi connectivity index (χ1) is 17.3. The number of nitro groups is 1. The first-order valence-corrected chi connectivity index (χ1v) is 12.4. The molecule has 0 unspecified atom stereocenters. The van der Waals surface area contributed by atoms with Gasteiger partial charge >= 0.3 is 0 Å². The van der Waals surface area contributed by atoms with Crippen molar-refractivity contribution < 1.29 is 19.2 Å². The molecule has 2 amide bonds. The first-order valence-electron chi connectivity index (χ1n) is 12.0. The van der Waals surface area contributed by atoms with Gasteiger partial charge in [-0.25, -0.2) is 0 Å². The van der Waals surface area contributed by atoms with Crippen molar-refractivity contribution in [3.63, 3.8) is 0 Å². The number of halogens is 1. The molecule has 2 saturated heterocycles. The Balaban J connectivity index is 1.53. The number of rotatable bonds is 6. The number of hydrogen-bond donors (Lipinski definition) is 1. The summed E-state index contributed by atoms with van der Waals surface area (Å²) in [6.07, 6.45) is 0. The van der Waals surface area contributed by atoms with Gasteiger partial charge in [-0.15, -0.1) is 0 Å². The molecule has 2 aliphatic rings. The number of nitrogens with one attached hydrogen (secondary N) is 1. The van der Waals surface area contributed by atoms with Gasteiger partial charge < -0.3 is 24.8 Å². The number of hydrogen-bond acceptors (Lipinski definition) is 7. The second-order valence-electron chi connectivity index (χ2n) is 9.12. The highest BCUT2D eigenvalue weighted by molar-refractivity contribution is 6.34. The number of carbonyl (C=O) groups excluding carboxylic acids is 2. The van der Waals surface area contributed by atoms with E-state index >= 15 is 0 Å². The predicted octanol–water partition coefficient (Wildman–Crippen LogP) is 3.64. The third-order valence-electron chi connectivity index (χ3n) is 6.42. The number of nitrogens with zero attached hydrogens (tertiary/aromatic N) is 4. The lowest BCUT2D eigenvalue weighted by Crippen LogP contribution is -2.50. The van der Waals surface area contributed by atoms with E-state index in [0.717, 1.165) is 0 Å². The van der Waals surface area contributed by atoms with E-state index in [1.807, 2.05) is 28.5 Å². The molecule has 2 heterocycles. The largest absolute Gasteiger partial charge is 0.378 e. The minimum atomic E-state index is -0.469. The Morgan fingerprint density at radius 2 is 1.72 bits per heavy atom. The SMILES string of the molecule is CC(C)C(=O)N1CCN(c2c(Cl)cccc2NC(=O)c2ccc(N3CCOCC3)c([N+](=O)[O-])c2)CC1. The lowest BCUT2D eigenvalue weighted by molar-refractivity contribution is -0.384. The standard InChI is InChI=1S/C25H30ClN5O5/c1-17(2)25(33)30-10-8-29(9-11-30)23-19(26)4-3-5-20(23)27-24(32)18-6-7-21(22(16-18)31(34)35)28-12-14-36-15-13-28/h3-7,16-17H,8-15H2,1-2H3,(H,27,32). The van der Waals surface area contributed by atoms with Crippen LogP contribution in [0, 0.1) is 16.0 Å². The minimum Gasteiger partial charge on any atom is -0.378 e. The molecule has 0 saturated carbocycles. The molecule has 4 rings (SSSR count). The molecule has 10 nitrogen and oxygen atoms in total. The molecule has 0 atom stereocenters. The van der Waals surface area contributed by atoms with Gasteiger partial charge in [-0.1, -0.05) is 31.5 Å². The number of carbonyl (C=O) groups is 2. The second kappa shape index (κ2) is 11.1. The Bertz CT molecular complexity index is 1140. The molecule has 36 heavy (non-hydrogen) atoms. The third kappa shape index (κ3) is 5.55. The van der Waals surface area contributed by atoms with Gasteiger partial charge in [0.05, 0.1) is 34.5 Å². The highest BCUT2D eigenvalue weighted by atomic mass is 35.5. The van der Waals surface area contributed by atoms with E-state index in [1.54, 1.807) is 30.3 Å². The Hall–Kier alpha value is -3.37. The fourth-order valence-corrected chi connectivity index (χ4v) is 4.82. The van der Waals surface area contributed by atoms with Crippen molar-refractivity contribution in [2.75, 3.05) is 67.6 Å². The van der Waals surface area contributed by atoms with Crippen LogP contribution in [0.25, 0.3) is 0 Å². The van der Waals surface area contributed by atoms with Gasteiger partial charge in [-0.3, -0.25) is 19.7 Å². The fourth-order valence-electron chi connectivity index (χ4n) is 4.53. The average molecular weight is 516 g/mol. The average Bonchev–Trinajstić information content (AvgIpc) is 2.88. The van der Waals surface area contributed by atoms with Gasteiger partial charge in [0.2, 0.25) is 5.91 Å². The smallest absolute Gasteiger partial charge is 0.293 e. The van der Waals surface area contributed by atoms with Crippen LogP contribution >= 0.6 is 11.6 Å². The van der Waals surface area contributed by atoms with E-state index in [9.17, 15) is 19.7 Å². The van der Waals surface area contributed by atoms with E-state index in [-0.39, 0.29) is 23.1 Å². The fraction of sp³-hybridized carbons (Fsp3) is 0.440. The minimum absolute atomic E-state index is 0.0644. The van der Waals surface area contributed by atoms with Crippen LogP contribution in [0.5, 0.6) is 0 Å². The van der Waals surface area contributed by atoms with Crippen LogP contribution in [0.2, 0.25) is 5.02 Å². The topological polar surface area (TPSA) is 108 Å². The number of para-hydroxylation sites is 1. The molecule has 0 bridgehead atoms. The molecule has 11 heteroatoms. The summed E-state index contributed by atoms with van der Waals surface area (Å²) in [5.41, 5.74) is 1.70. The summed E-state index contributed by atoms with van der Waals surface area (Å²) in [5, 5.41) is 15.1. The van der Waals surface area contributed by atoms with E-state index in [1.165, 1.54) is 6.07 Å². The van der Waals surface area contributed by atoms with E-state index in [2.05, 4.69) is 5.32 Å². The number of piperazine rings is 1. The van der Waals surface area contributed by atoms with Crippen molar-refractivity contribution in [3.05, 3.63) is 57.1 Å². The molecule has 2 aliphatic heterocycles. The number of benzene rings is 2. The van der Waals surface area contributed by atoms with Crippen LogP contribution in [0.4, 0.5) is 22.7 Å². The number of amides is 2. The van der Waals surface area contributed by atoms with Crippen molar-refractivity contribution >= 4 is 46.2 Å². The normalized spacial score (nSPS) is 16.3. The van der Waals surface area contributed by atoms with Gasteiger partial charge in [0, 0.05) is 56.8 Å². The summed E-state index contributed by atoms with van der Waals surface area (Å²) in [4.78, 5) is 42.6. The summed E-state index contributed by atoms with van der Waals surface area (Å²) >= 11 is 6.54. The quantitative estimate of drug-likeness (QED) is 0.462. The van der Waals surface area contributed by atoms with Crippen LogP contribution in [-0.2, 0) is 9.53 Å². The van der Waals surface area contributed by atoms with Crippen LogP contribution in [0.3, 0.4) is 0 Å². The molecule has 2 aromatic rings. The van der Waals surface area contributed by atoms with E-state index < -0.39 is 10.8 Å². The third-order valence-corrected chi connectivity index (χ3v) is 6.73. The highest BCUT2D eigenvalue weighted by Gasteiger charge is 2.27. The molecule has 0 radical (unpaired) electrons. The monoisotopic (exact) mass is 515 g/mol. The highest BCUT2D eigenvalue weighted by Crippen LogP contribution is 2.36. The van der Waals surface area contributed by atoms with Gasteiger partial charge in [-0.05, 0) is 24.3 Å². The summed E-state index contributed by atoms with van der Waals surface area (Å²) in [6, 6.07) is 9.75. The van der Waals surface area contributed by atoms with Crippen molar-refractivity contribution in [1.29, 1.82) is 0 Å². The molecule has 2 fully saturated rings. The first kappa shape index (κ1) is 25.7. The maximum Gasteiger partial charge on any atom is 0.293 e. The van der Waals surface area contributed by atoms with E-state index in [0.29, 0.717) is 74.6 Å². The van der Waals surface area contributed by atoms with Crippen molar-refractivity contribution in [3.8, 4) is 0 Å². The summed E-state index contributed by atoms with van der Waals surface area (Å²) in [5.74, 6) is -0.418. The molecular formula is C25H30ClN5O5. The molecule has 0 aliphatic carbocycles. The second-order valence-corrected chi connectivity index (χ2v) is 9.52. The number of anilines is 3. The zero-order chi connectivity index (χ0) is 25.8. The van der Waals surface area contributed by atoms with Gasteiger partial charge in [-0.2, -0.15) is 0 Å². The van der Waals surface area contributed by atoms with Crippen LogP contribution < -0.4 is 15.1 Å². The van der Waals surface area contributed by atoms with Gasteiger partial charge in [0.25, 0.3) is 11.6 Å². The Morgan fingerprint density at radius 3 is 2.36 bits per heavy atom. The maximum absolute atomic E-state index is 13.2. The van der Waals surface area contributed by atoms with Crippen molar-refractivity contribution in [2.24, 2.45) is 5.92 Å². The number of ether oxygens (including phenoxy) is 1. The molecular weight excluding hydrogens is 486 g/mol. The predicted molar refractivity (Wildman–Crippen MR) is 139 cm³/mol. The maximum atomic E-state index is 13.2.